The number of ether oxygens (including phenoxy) is 1. The summed E-state index contributed by atoms with van der Waals surface area (Å²) in [5.41, 5.74) is 5.73. The number of nitrogens with zero attached hydrogens (tertiary/aromatic N) is 1. The lowest BCUT2D eigenvalue weighted by molar-refractivity contribution is -0.133. The number of carbonyl (C=O) groups excluding carboxylic acids is 1. The van der Waals surface area contributed by atoms with E-state index < -0.39 is 6.04 Å². The highest BCUT2D eigenvalue weighted by molar-refractivity contribution is 5.81. The molecule has 0 aromatic carbocycles. The number of amides is 1. The number of hydrogen-bond acceptors (Lipinski definition) is 3. The van der Waals surface area contributed by atoms with Crippen molar-refractivity contribution in [2.75, 3.05) is 20.8 Å². The Morgan fingerprint density at radius 1 is 1.57 bits per heavy atom. The summed E-state index contributed by atoms with van der Waals surface area (Å²) >= 11 is 0. The molecule has 0 aliphatic carbocycles. The van der Waals surface area contributed by atoms with Crippen LogP contribution in [-0.4, -0.2) is 43.7 Å². The van der Waals surface area contributed by atoms with Gasteiger partial charge in [0.15, 0.2) is 0 Å². The van der Waals surface area contributed by atoms with Gasteiger partial charge in [-0.2, -0.15) is 0 Å². The molecule has 0 fully saturated rings. The highest BCUT2D eigenvalue weighted by atomic mass is 16.5. The molecule has 14 heavy (non-hydrogen) atoms. The van der Waals surface area contributed by atoms with Crippen molar-refractivity contribution in [2.45, 2.75) is 38.8 Å². The standard InChI is InChI=1S/C10H22N2O2/c1-5-8(2)12(3)10(13)9(11)6-7-14-4/h8-9H,5-7,11H2,1-4H3. The summed E-state index contributed by atoms with van der Waals surface area (Å²) in [7, 11) is 3.40. The third-order valence-electron chi connectivity index (χ3n) is 2.55. The maximum Gasteiger partial charge on any atom is 0.239 e. The van der Waals surface area contributed by atoms with Crippen LogP contribution >= 0.6 is 0 Å². The minimum absolute atomic E-state index is 0.00333. The van der Waals surface area contributed by atoms with E-state index in [1.54, 1.807) is 19.1 Å². The van der Waals surface area contributed by atoms with Crippen LogP contribution in [0.1, 0.15) is 26.7 Å². The summed E-state index contributed by atoms with van der Waals surface area (Å²) in [6.07, 6.45) is 1.52. The number of hydrogen-bond donors (Lipinski definition) is 1. The first-order chi connectivity index (χ1) is 6.54. The van der Waals surface area contributed by atoms with Crippen molar-refractivity contribution in [2.24, 2.45) is 5.73 Å². The van der Waals surface area contributed by atoms with E-state index in [2.05, 4.69) is 6.92 Å². The van der Waals surface area contributed by atoms with Gasteiger partial charge in [0, 0.05) is 26.8 Å². The third kappa shape index (κ3) is 4.07. The molecule has 0 radical (unpaired) electrons. The van der Waals surface area contributed by atoms with Crippen molar-refractivity contribution in [1.82, 2.24) is 4.90 Å². The molecule has 0 saturated heterocycles. The number of rotatable bonds is 6. The van der Waals surface area contributed by atoms with Gasteiger partial charge in [-0.05, 0) is 19.8 Å². The Balaban J connectivity index is 4.03. The average Bonchev–Trinajstić information content (AvgIpc) is 2.22. The molecule has 0 spiro atoms. The van der Waals surface area contributed by atoms with E-state index in [0.717, 1.165) is 6.42 Å². The maximum atomic E-state index is 11.7. The zero-order valence-electron chi connectivity index (χ0n) is 9.62. The highest BCUT2D eigenvalue weighted by Gasteiger charge is 2.20. The molecule has 2 unspecified atom stereocenters. The zero-order chi connectivity index (χ0) is 11.1. The topological polar surface area (TPSA) is 55.6 Å². The van der Waals surface area contributed by atoms with Gasteiger partial charge in [0.05, 0.1) is 6.04 Å². The molecule has 0 bridgehead atoms. The van der Waals surface area contributed by atoms with E-state index in [1.165, 1.54) is 0 Å². The lowest BCUT2D eigenvalue weighted by Gasteiger charge is -2.26. The minimum Gasteiger partial charge on any atom is -0.385 e. The second-order valence-corrected chi connectivity index (χ2v) is 3.59. The van der Waals surface area contributed by atoms with Gasteiger partial charge in [-0.25, -0.2) is 0 Å². The Morgan fingerprint density at radius 2 is 2.14 bits per heavy atom. The van der Waals surface area contributed by atoms with Gasteiger partial charge >= 0.3 is 0 Å². The van der Waals surface area contributed by atoms with Crippen LogP contribution in [0, 0.1) is 0 Å². The monoisotopic (exact) mass is 202 g/mol. The fourth-order valence-corrected chi connectivity index (χ4v) is 1.12. The summed E-state index contributed by atoms with van der Waals surface area (Å²) in [6.45, 7) is 4.59. The van der Waals surface area contributed by atoms with Gasteiger partial charge in [-0.3, -0.25) is 4.79 Å². The van der Waals surface area contributed by atoms with Gasteiger partial charge in [0.2, 0.25) is 5.91 Å². The smallest absolute Gasteiger partial charge is 0.239 e. The van der Waals surface area contributed by atoms with Gasteiger partial charge in [0.1, 0.15) is 0 Å². The Bertz CT molecular complexity index is 174. The van der Waals surface area contributed by atoms with Crippen molar-refractivity contribution < 1.29 is 9.53 Å². The Kier molecular flexibility index (Phi) is 6.49. The Hall–Kier alpha value is -0.610. The van der Waals surface area contributed by atoms with Crippen LogP contribution in [0.2, 0.25) is 0 Å². The number of likely N-dealkylation sites (N-methyl/N-ethyl adjacent to an activating group) is 1. The van der Waals surface area contributed by atoms with Crippen LogP contribution in [0.3, 0.4) is 0 Å². The van der Waals surface area contributed by atoms with E-state index in [1.807, 2.05) is 6.92 Å². The fourth-order valence-electron chi connectivity index (χ4n) is 1.12. The van der Waals surface area contributed by atoms with E-state index in [9.17, 15) is 4.79 Å². The van der Waals surface area contributed by atoms with Crippen molar-refractivity contribution >= 4 is 5.91 Å². The van der Waals surface area contributed by atoms with E-state index in [0.29, 0.717) is 13.0 Å². The van der Waals surface area contributed by atoms with Gasteiger partial charge < -0.3 is 15.4 Å². The first kappa shape index (κ1) is 13.4. The van der Waals surface area contributed by atoms with Crippen LogP contribution < -0.4 is 5.73 Å². The molecule has 0 aliphatic heterocycles. The maximum absolute atomic E-state index is 11.7. The second-order valence-electron chi connectivity index (χ2n) is 3.59. The molecular weight excluding hydrogens is 180 g/mol. The Labute approximate surface area is 86.4 Å². The summed E-state index contributed by atoms with van der Waals surface area (Å²) in [5, 5.41) is 0. The molecule has 0 heterocycles. The van der Waals surface area contributed by atoms with Gasteiger partial charge in [0.25, 0.3) is 0 Å². The zero-order valence-corrected chi connectivity index (χ0v) is 9.62. The van der Waals surface area contributed by atoms with Gasteiger partial charge in [-0.1, -0.05) is 6.92 Å². The first-order valence-electron chi connectivity index (χ1n) is 5.05. The van der Waals surface area contributed by atoms with Crippen LogP contribution in [0.25, 0.3) is 0 Å². The molecule has 0 saturated carbocycles. The van der Waals surface area contributed by atoms with E-state index in [-0.39, 0.29) is 11.9 Å². The largest absolute Gasteiger partial charge is 0.385 e. The average molecular weight is 202 g/mol. The predicted octanol–water partition coefficient (Wildman–Crippen LogP) is 0.607. The van der Waals surface area contributed by atoms with Crippen molar-refractivity contribution in [3.8, 4) is 0 Å². The second kappa shape index (κ2) is 6.79. The van der Waals surface area contributed by atoms with Crippen LogP contribution in [-0.2, 0) is 9.53 Å². The summed E-state index contributed by atoms with van der Waals surface area (Å²) in [6, 6.07) is -0.190. The molecule has 0 aliphatic rings. The summed E-state index contributed by atoms with van der Waals surface area (Å²) < 4.78 is 4.88. The van der Waals surface area contributed by atoms with Gasteiger partial charge in [-0.15, -0.1) is 0 Å². The molecule has 1 amide bonds. The van der Waals surface area contributed by atoms with E-state index in [4.69, 9.17) is 10.5 Å². The molecule has 2 atom stereocenters. The first-order valence-corrected chi connectivity index (χ1v) is 5.05. The predicted molar refractivity (Wildman–Crippen MR) is 57.0 cm³/mol. The van der Waals surface area contributed by atoms with Crippen LogP contribution in [0.4, 0.5) is 0 Å². The lowest BCUT2D eigenvalue weighted by Crippen LogP contribution is -2.45. The fraction of sp³-hybridized carbons (Fsp3) is 0.900. The molecular formula is C10H22N2O2. The quantitative estimate of drug-likeness (QED) is 0.686. The summed E-state index contributed by atoms with van der Waals surface area (Å²) in [5.74, 6) is -0.00333. The minimum atomic E-state index is -0.436. The molecule has 0 aromatic rings. The molecule has 0 aromatic heterocycles. The lowest BCUT2D eigenvalue weighted by atomic mass is 10.1. The van der Waals surface area contributed by atoms with Crippen molar-refractivity contribution in [1.29, 1.82) is 0 Å². The third-order valence-corrected chi connectivity index (χ3v) is 2.55. The molecule has 0 rings (SSSR count). The molecule has 84 valence electrons. The number of carbonyl (C=O) groups is 1. The van der Waals surface area contributed by atoms with Crippen molar-refractivity contribution in [3.05, 3.63) is 0 Å². The Morgan fingerprint density at radius 3 is 2.57 bits per heavy atom. The molecule has 2 N–H and O–H groups in total. The highest BCUT2D eigenvalue weighted by Crippen LogP contribution is 2.03. The molecule has 4 heteroatoms. The van der Waals surface area contributed by atoms with E-state index >= 15 is 0 Å². The summed E-state index contributed by atoms with van der Waals surface area (Å²) in [4.78, 5) is 13.4. The SMILES string of the molecule is CCC(C)N(C)C(=O)C(N)CCOC. The molecule has 4 nitrogen and oxygen atoms in total. The van der Waals surface area contributed by atoms with Crippen LogP contribution in [0.15, 0.2) is 0 Å². The number of methoxy groups -OCH3 is 1. The van der Waals surface area contributed by atoms with Crippen molar-refractivity contribution in [3.63, 3.8) is 0 Å². The van der Waals surface area contributed by atoms with Crippen LogP contribution in [0.5, 0.6) is 0 Å². The number of nitrogens with two attached hydrogens (primary N) is 1. The normalized spacial score (nSPS) is 14.9.